The third-order valence-corrected chi connectivity index (χ3v) is 3.76. The van der Waals surface area contributed by atoms with Crippen molar-refractivity contribution in [1.29, 1.82) is 0 Å². The van der Waals surface area contributed by atoms with Crippen LogP contribution in [-0.2, 0) is 0 Å². The lowest BCUT2D eigenvalue weighted by atomic mass is 10.2. The summed E-state index contributed by atoms with van der Waals surface area (Å²) in [5.74, 6) is -0.199. The van der Waals surface area contributed by atoms with Gasteiger partial charge in [-0.05, 0) is 45.3 Å². The third kappa shape index (κ3) is 3.49. The molecule has 1 aromatic heterocycles. The number of rotatable bonds is 5. The molecule has 2 aromatic rings. The topological polar surface area (TPSA) is 48.7 Å². The minimum Gasteiger partial charge on any atom is -0.503 e. The van der Waals surface area contributed by atoms with Gasteiger partial charge in [0.2, 0.25) is 5.43 Å². The number of nitrogens with zero attached hydrogens (tertiary/aromatic N) is 3. The van der Waals surface area contributed by atoms with Crippen molar-refractivity contribution in [2.75, 3.05) is 39.1 Å². The van der Waals surface area contributed by atoms with Gasteiger partial charge in [-0.15, -0.1) is 0 Å². The van der Waals surface area contributed by atoms with Crippen LogP contribution in [-0.4, -0.2) is 48.8 Å². The van der Waals surface area contributed by atoms with E-state index in [0.717, 1.165) is 24.5 Å². The molecule has 0 atom stereocenters. The molecule has 0 aliphatic carbocycles. The molecule has 22 heavy (non-hydrogen) atoms. The van der Waals surface area contributed by atoms with Crippen LogP contribution in [0.5, 0.6) is 5.75 Å². The first kappa shape index (κ1) is 16.1. The van der Waals surface area contributed by atoms with Crippen molar-refractivity contribution in [3.05, 3.63) is 52.4 Å². The molecule has 1 heterocycles. The molecule has 0 saturated carbocycles. The molecule has 2 rings (SSSR count). The minimum atomic E-state index is -0.353. The second kappa shape index (κ2) is 6.66. The first-order valence-corrected chi connectivity index (χ1v) is 7.27. The summed E-state index contributed by atoms with van der Waals surface area (Å²) < 4.78 is 1.81. The zero-order chi connectivity index (χ0) is 16.3. The molecule has 5 heteroatoms. The van der Waals surface area contributed by atoms with E-state index in [2.05, 4.69) is 30.9 Å². The fourth-order valence-electron chi connectivity index (χ4n) is 2.25. The van der Waals surface area contributed by atoms with E-state index in [1.807, 2.05) is 24.3 Å². The van der Waals surface area contributed by atoms with Gasteiger partial charge in [0.1, 0.15) is 0 Å². The zero-order valence-corrected chi connectivity index (χ0v) is 13.6. The number of anilines is 1. The van der Waals surface area contributed by atoms with Crippen LogP contribution in [0.1, 0.15) is 5.69 Å². The number of likely N-dealkylation sites (N-methyl/N-ethyl adjacent to an activating group) is 2. The van der Waals surface area contributed by atoms with Crippen molar-refractivity contribution in [3.63, 3.8) is 0 Å². The van der Waals surface area contributed by atoms with Crippen LogP contribution >= 0.6 is 0 Å². The summed E-state index contributed by atoms with van der Waals surface area (Å²) in [6.07, 6.45) is 1.68. The standard InChI is InChI=1S/C17H23N3O2/c1-13-17(22)16(21)9-10-20(13)15-7-5-14(6-8-15)19(4)12-11-18(2)3/h5-10,22H,11-12H2,1-4H3. The van der Waals surface area contributed by atoms with Crippen molar-refractivity contribution in [1.82, 2.24) is 9.47 Å². The van der Waals surface area contributed by atoms with Crippen molar-refractivity contribution >= 4 is 5.69 Å². The van der Waals surface area contributed by atoms with E-state index in [0.29, 0.717) is 5.69 Å². The van der Waals surface area contributed by atoms with Crippen molar-refractivity contribution in [3.8, 4) is 11.4 Å². The van der Waals surface area contributed by atoms with E-state index >= 15 is 0 Å². The van der Waals surface area contributed by atoms with Crippen molar-refractivity contribution in [2.24, 2.45) is 0 Å². The largest absolute Gasteiger partial charge is 0.503 e. The fourth-order valence-corrected chi connectivity index (χ4v) is 2.25. The van der Waals surface area contributed by atoms with Crippen molar-refractivity contribution < 1.29 is 5.11 Å². The Morgan fingerprint density at radius 2 is 1.68 bits per heavy atom. The van der Waals surface area contributed by atoms with Crippen LogP contribution < -0.4 is 10.3 Å². The lowest BCUT2D eigenvalue weighted by Crippen LogP contribution is -2.28. The summed E-state index contributed by atoms with van der Waals surface area (Å²) in [4.78, 5) is 15.8. The highest BCUT2D eigenvalue weighted by molar-refractivity contribution is 5.51. The van der Waals surface area contributed by atoms with E-state index < -0.39 is 0 Å². The van der Waals surface area contributed by atoms with Crippen molar-refractivity contribution in [2.45, 2.75) is 6.92 Å². The van der Waals surface area contributed by atoms with Crippen LogP contribution in [0.15, 0.2) is 41.3 Å². The van der Waals surface area contributed by atoms with E-state index in [-0.39, 0.29) is 11.2 Å². The van der Waals surface area contributed by atoms with Gasteiger partial charge in [-0.25, -0.2) is 0 Å². The molecule has 5 nitrogen and oxygen atoms in total. The SMILES string of the molecule is Cc1c(O)c(=O)ccn1-c1ccc(N(C)CCN(C)C)cc1. The van der Waals surface area contributed by atoms with E-state index in [4.69, 9.17) is 0 Å². The number of hydrogen-bond acceptors (Lipinski definition) is 4. The molecule has 0 saturated heterocycles. The monoisotopic (exact) mass is 301 g/mol. The Balaban J connectivity index is 2.22. The van der Waals surface area contributed by atoms with Gasteiger partial charge in [0.25, 0.3) is 0 Å². The molecule has 1 aromatic carbocycles. The Labute approximate surface area is 131 Å². The second-order valence-electron chi connectivity index (χ2n) is 5.73. The number of aromatic hydroxyl groups is 1. The maximum atomic E-state index is 11.4. The van der Waals surface area contributed by atoms with Crippen LogP contribution in [0.2, 0.25) is 0 Å². The van der Waals surface area contributed by atoms with Crippen LogP contribution in [0.3, 0.4) is 0 Å². The van der Waals surface area contributed by atoms with Gasteiger partial charge < -0.3 is 19.5 Å². The molecule has 0 aliphatic rings. The smallest absolute Gasteiger partial charge is 0.223 e. The van der Waals surface area contributed by atoms with Gasteiger partial charge in [0, 0.05) is 43.8 Å². The molecular weight excluding hydrogens is 278 g/mol. The molecule has 0 radical (unpaired) electrons. The van der Waals surface area contributed by atoms with Gasteiger partial charge in [-0.1, -0.05) is 0 Å². The van der Waals surface area contributed by atoms with Crippen LogP contribution in [0.25, 0.3) is 5.69 Å². The predicted molar refractivity (Wildman–Crippen MR) is 90.3 cm³/mol. The molecule has 0 fully saturated rings. The van der Waals surface area contributed by atoms with E-state index in [9.17, 15) is 9.90 Å². The number of hydrogen-bond donors (Lipinski definition) is 1. The van der Waals surface area contributed by atoms with Gasteiger partial charge in [-0.3, -0.25) is 4.79 Å². The third-order valence-electron chi connectivity index (χ3n) is 3.76. The molecule has 0 amide bonds. The Hall–Kier alpha value is -2.27. The fraction of sp³-hybridized carbons (Fsp3) is 0.353. The summed E-state index contributed by atoms with van der Waals surface area (Å²) in [5.41, 5.74) is 2.24. The Morgan fingerprint density at radius 3 is 2.27 bits per heavy atom. The molecule has 0 aliphatic heterocycles. The number of benzene rings is 1. The lowest BCUT2D eigenvalue weighted by molar-refractivity contribution is 0.416. The zero-order valence-electron chi connectivity index (χ0n) is 13.6. The highest BCUT2D eigenvalue weighted by Gasteiger charge is 2.07. The Morgan fingerprint density at radius 1 is 1.05 bits per heavy atom. The first-order chi connectivity index (χ1) is 10.4. The first-order valence-electron chi connectivity index (χ1n) is 7.27. The predicted octanol–water partition coefficient (Wildman–Crippen LogP) is 1.85. The summed E-state index contributed by atoms with van der Waals surface area (Å²) >= 11 is 0. The Bertz CT molecular complexity index is 690. The normalized spacial score (nSPS) is 11.0. The van der Waals surface area contributed by atoms with Crippen LogP contribution in [0, 0.1) is 6.92 Å². The summed E-state index contributed by atoms with van der Waals surface area (Å²) in [6.45, 7) is 3.67. The average Bonchev–Trinajstić information content (AvgIpc) is 2.51. The lowest BCUT2D eigenvalue weighted by Gasteiger charge is -2.22. The number of aromatic nitrogens is 1. The summed E-state index contributed by atoms with van der Waals surface area (Å²) in [7, 11) is 6.18. The minimum absolute atomic E-state index is 0.199. The Kier molecular flexibility index (Phi) is 4.88. The van der Waals surface area contributed by atoms with E-state index in [1.165, 1.54) is 6.07 Å². The van der Waals surface area contributed by atoms with Gasteiger partial charge >= 0.3 is 0 Å². The highest BCUT2D eigenvalue weighted by atomic mass is 16.3. The molecular formula is C17H23N3O2. The molecule has 1 N–H and O–H groups in total. The molecule has 118 valence electrons. The van der Waals surface area contributed by atoms with E-state index in [1.54, 1.807) is 17.7 Å². The molecule has 0 bridgehead atoms. The second-order valence-corrected chi connectivity index (χ2v) is 5.73. The highest BCUT2D eigenvalue weighted by Crippen LogP contribution is 2.19. The molecule has 0 unspecified atom stereocenters. The summed E-state index contributed by atoms with van der Waals surface area (Å²) in [6, 6.07) is 9.43. The average molecular weight is 301 g/mol. The number of pyridine rings is 1. The van der Waals surface area contributed by atoms with Gasteiger partial charge in [0.15, 0.2) is 5.75 Å². The maximum Gasteiger partial charge on any atom is 0.223 e. The van der Waals surface area contributed by atoms with Gasteiger partial charge in [0.05, 0.1) is 5.69 Å². The van der Waals surface area contributed by atoms with Gasteiger partial charge in [-0.2, -0.15) is 0 Å². The quantitative estimate of drug-likeness (QED) is 0.915. The summed E-state index contributed by atoms with van der Waals surface area (Å²) in [5, 5.41) is 9.77. The van der Waals surface area contributed by atoms with Crippen LogP contribution in [0.4, 0.5) is 5.69 Å². The molecule has 0 spiro atoms. The maximum absolute atomic E-state index is 11.4.